The lowest BCUT2D eigenvalue weighted by molar-refractivity contribution is 0.572. The fourth-order valence-corrected chi connectivity index (χ4v) is 14.1. The van der Waals surface area contributed by atoms with Crippen molar-refractivity contribution in [3.05, 3.63) is 222 Å². The molecule has 5 aromatic heterocycles. The second kappa shape index (κ2) is 18.0. The molecule has 0 fully saturated rings. The lowest BCUT2D eigenvalue weighted by Crippen LogP contribution is -2.14. The van der Waals surface area contributed by atoms with Crippen molar-refractivity contribution in [2.24, 2.45) is 0 Å². The van der Waals surface area contributed by atoms with Gasteiger partial charge in [0, 0.05) is 87.8 Å². The van der Waals surface area contributed by atoms with Gasteiger partial charge in [-0.15, -0.1) is 0 Å². The summed E-state index contributed by atoms with van der Waals surface area (Å²) in [6, 6.07) is 74.0. The van der Waals surface area contributed by atoms with Crippen LogP contribution >= 0.6 is 0 Å². The molecule has 6 nitrogen and oxygen atoms in total. The van der Waals surface area contributed by atoms with Crippen molar-refractivity contribution in [3.8, 4) is 0 Å². The molecule has 0 aliphatic carbocycles. The Balaban J connectivity index is 0.913. The molecule has 16 rings (SSSR count). The van der Waals surface area contributed by atoms with E-state index >= 15 is 0 Å². The second-order valence-corrected chi connectivity index (χ2v) is 28.2. The molecule has 86 heavy (non-hydrogen) atoms. The van der Waals surface area contributed by atoms with E-state index in [4.69, 9.17) is 13.3 Å². The molecule has 0 unspecified atom stereocenters. The molecular formula is C80H69N3O3. The Morgan fingerprint density at radius 2 is 0.791 bits per heavy atom. The minimum atomic E-state index is -0.112. The highest BCUT2D eigenvalue weighted by molar-refractivity contribution is 6.31. The van der Waals surface area contributed by atoms with E-state index in [1.54, 1.807) is 0 Å². The van der Waals surface area contributed by atoms with E-state index in [9.17, 15) is 0 Å². The summed E-state index contributed by atoms with van der Waals surface area (Å²) in [5.41, 5.74) is 19.5. The Kier molecular flexibility index (Phi) is 10.9. The zero-order valence-electron chi connectivity index (χ0n) is 51.1. The van der Waals surface area contributed by atoms with Gasteiger partial charge in [-0.2, -0.15) is 0 Å². The molecule has 0 N–H and O–H groups in total. The van der Waals surface area contributed by atoms with Crippen LogP contribution < -0.4 is 9.80 Å². The third-order valence-electron chi connectivity index (χ3n) is 18.4. The van der Waals surface area contributed by atoms with Gasteiger partial charge in [0.25, 0.3) is 0 Å². The summed E-state index contributed by atoms with van der Waals surface area (Å²) in [7, 11) is 0. The molecule has 0 saturated heterocycles. The van der Waals surface area contributed by atoms with Crippen molar-refractivity contribution in [2.45, 2.75) is 105 Å². The van der Waals surface area contributed by atoms with Crippen LogP contribution in [-0.4, -0.2) is 4.40 Å². The topological polar surface area (TPSA) is 50.3 Å². The molecule has 0 saturated carbocycles. The molecule has 0 radical (unpaired) electrons. The minimum Gasteiger partial charge on any atom is -0.456 e. The fourth-order valence-electron chi connectivity index (χ4n) is 14.1. The van der Waals surface area contributed by atoms with Crippen molar-refractivity contribution < 1.29 is 13.3 Å². The molecule has 0 spiro atoms. The number of hydrogen-bond acceptors (Lipinski definition) is 5. The maximum Gasteiger partial charge on any atom is 0.159 e. The van der Waals surface area contributed by atoms with Crippen LogP contribution in [0.4, 0.5) is 34.1 Å². The minimum absolute atomic E-state index is 0.0662. The highest BCUT2D eigenvalue weighted by atomic mass is 16.3. The van der Waals surface area contributed by atoms with Crippen molar-refractivity contribution in [1.82, 2.24) is 4.40 Å². The van der Waals surface area contributed by atoms with Crippen molar-refractivity contribution >= 4 is 149 Å². The molecule has 6 heteroatoms. The van der Waals surface area contributed by atoms with Gasteiger partial charge < -0.3 is 27.5 Å². The smallest absolute Gasteiger partial charge is 0.159 e. The van der Waals surface area contributed by atoms with Gasteiger partial charge in [-0.25, -0.2) is 0 Å². The molecular weight excluding hydrogens is 1050 g/mol. The number of nitrogens with zero attached hydrogens (tertiary/aromatic N) is 3. The highest BCUT2D eigenvalue weighted by Gasteiger charge is 2.31. The maximum atomic E-state index is 7.21. The summed E-state index contributed by atoms with van der Waals surface area (Å²) < 4.78 is 23.9. The molecule has 11 aromatic carbocycles. The molecule has 0 aliphatic heterocycles. The van der Waals surface area contributed by atoms with E-state index in [1.165, 1.54) is 60.2 Å². The summed E-state index contributed by atoms with van der Waals surface area (Å²) in [5, 5.41) is 13.7. The van der Waals surface area contributed by atoms with Crippen LogP contribution in [-0.2, 0) is 21.7 Å². The van der Waals surface area contributed by atoms with Crippen LogP contribution in [0.25, 0.3) is 115 Å². The zero-order valence-corrected chi connectivity index (χ0v) is 51.1. The van der Waals surface area contributed by atoms with Gasteiger partial charge >= 0.3 is 0 Å². The first-order valence-corrected chi connectivity index (χ1v) is 30.4. The van der Waals surface area contributed by atoms with Gasteiger partial charge in [0.2, 0.25) is 0 Å². The van der Waals surface area contributed by atoms with Gasteiger partial charge in [-0.3, -0.25) is 0 Å². The van der Waals surface area contributed by atoms with E-state index in [1.807, 2.05) is 0 Å². The van der Waals surface area contributed by atoms with Crippen LogP contribution in [0, 0.1) is 0 Å². The Bertz CT molecular complexity index is 5480. The van der Waals surface area contributed by atoms with Crippen LogP contribution in [0.5, 0.6) is 0 Å². The monoisotopic (exact) mass is 1120 g/mol. The Hall–Kier alpha value is -9.52. The average Bonchev–Trinajstić information content (AvgIpc) is 1.57. The SMILES string of the molecule is CC(C)(C)c1cccc(N(c2ccc3c(c2)oc2cc4ccc5c6ccc(N(c7cccc(C(C)(C)C)c7)c7cccc8c7oc7c(C(C)(C)C)cccc78)c7c8ccccc8n(c5c4cc23)c67)c2cccc3c2oc2c(C(C)(C)C)cccc23)c1. The number of aromatic nitrogens is 1. The number of furan rings is 3. The van der Waals surface area contributed by atoms with E-state index < -0.39 is 0 Å². The van der Waals surface area contributed by atoms with Gasteiger partial charge in [0.15, 0.2) is 11.2 Å². The molecule has 5 heterocycles. The third kappa shape index (κ3) is 7.70. The molecule has 0 bridgehead atoms. The Morgan fingerprint density at radius 1 is 0.302 bits per heavy atom. The number of hydrogen-bond donors (Lipinski definition) is 0. The first-order chi connectivity index (χ1) is 41.2. The van der Waals surface area contributed by atoms with Crippen LogP contribution in [0.3, 0.4) is 0 Å². The number of fused-ring (bicyclic) bond motifs is 17. The van der Waals surface area contributed by atoms with Gasteiger partial charge in [-0.1, -0.05) is 204 Å². The summed E-state index contributed by atoms with van der Waals surface area (Å²) in [4.78, 5) is 4.81. The molecule has 16 aromatic rings. The predicted octanol–water partition coefficient (Wildman–Crippen LogP) is 23.8. The lowest BCUT2D eigenvalue weighted by atomic mass is 9.86. The molecule has 0 atom stereocenters. The molecule has 422 valence electrons. The first kappa shape index (κ1) is 52.1. The summed E-state index contributed by atoms with van der Waals surface area (Å²) in [6.07, 6.45) is 0. The van der Waals surface area contributed by atoms with E-state index in [-0.39, 0.29) is 21.7 Å². The van der Waals surface area contributed by atoms with Crippen molar-refractivity contribution in [1.29, 1.82) is 0 Å². The standard InChI is InChI=1S/C80H69N3O3/c1-77(2,3)47-21-15-23-49(42-47)81(66-33-19-28-57-55-26-17-30-62(79(7,8)9)73(55)85-75(57)66)51-36-38-52-61-45-60-46(41-68(61)84-69(52)44-51)35-37-53-54-39-40-65(70-59-25-13-14-32-64(59)83(71(53)60)72(54)70)82(50-24-16-22-48(43-50)78(4,5)6)67-34-20-29-58-56-27-18-31-63(80(10,11)12)74(56)86-76(58)67/h13-45H,1-12H3. The zero-order chi connectivity index (χ0) is 59.1. The van der Waals surface area contributed by atoms with Crippen LogP contribution in [0.1, 0.15) is 105 Å². The second-order valence-electron chi connectivity index (χ2n) is 28.2. The van der Waals surface area contributed by atoms with Crippen LogP contribution in [0.2, 0.25) is 0 Å². The summed E-state index contributed by atoms with van der Waals surface area (Å²) in [5.74, 6) is 0. The van der Waals surface area contributed by atoms with Gasteiger partial charge in [0.1, 0.15) is 22.3 Å². The highest BCUT2D eigenvalue weighted by Crippen LogP contribution is 2.52. The van der Waals surface area contributed by atoms with E-state index in [0.29, 0.717) is 0 Å². The average molecular weight is 1120 g/mol. The summed E-state index contributed by atoms with van der Waals surface area (Å²) >= 11 is 0. The fraction of sp³-hybridized carbons (Fsp3) is 0.200. The van der Waals surface area contributed by atoms with Gasteiger partial charge in [-0.05, 0) is 111 Å². The molecule has 0 aliphatic rings. The Labute approximate surface area is 500 Å². The number of rotatable bonds is 6. The number of anilines is 6. The normalized spacial score (nSPS) is 13.1. The third-order valence-corrected chi connectivity index (χ3v) is 18.4. The first-order valence-electron chi connectivity index (χ1n) is 30.4. The quantitative estimate of drug-likeness (QED) is 0.166. The van der Waals surface area contributed by atoms with Crippen molar-refractivity contribution in [3.63, 3.8) is 0 Å². The lowest BCUT2D eigenvalue weighted by Gasteiger charge is -2.28. The summed E-state index contributed by atoms with van der Waals surface area (Å²) in [6.45, 7) is 27.3. The Morgan fingerprint density at radius 3 is 1.40 bits per heavy atom. The maximum absolute atomic E-state index is 7.21. The van der Waals surface area contributed by atoms with E-state index in [2.05, 4.69) is 297 Å². The van der Waals surface area contributed by atoms with Gasteiger partial charge in [0.05, 0.1) is 39.3 Å². The number of benzene rings is 11. The van der Waals surface area contributed by atoms with E-state index in [0.717, 1.165) is 111 Å². The predicted molar refractivity (Wildman–Crippen MR) is 365 cm³/mol. The largest absolute Gasteiger partial charge is 0.456 e. The number of para-hydroxylation sites is 5. The molecule has 0 amide bonds. The van der Waals surface area contributed by atoms with Crippen molar-refractivity contribution in [2.75, 3.05) is 9.80 Å². The van der Waals surface area contributed by atoms with Crippen LogP contribution in [0.15, 0.2) is 213 Å².